The van der Waals surface area contributed by atoms with E-state index in [1.807, 2.05) is 20.8 Å². The summed E-state index contributed by atoms with van der Waals surface area (Å²) in [5.74, 6) is -0.490. The van der Waals surface area contributed by atoms with E-state index in [4.69, 9.17) is 9.84 Å². The minimum atomic E-state index is -0.786. The molecule has 1 heterocycles. The maximum atomic E-state index is 12.3. The molecular weight excluding hydrogens is 272 g/mol. The summed E-state index contributed by atoms with van der Waals surface area (Å²) in [6, 6.07) is 0.0578. The minimum Gasteiger partial charge on any atom is -0.481 e. The van der Waals surface area contributed by atoms with E-state index < -0.39 is 11.6 Å². The summed E-state index contributed by atoms with van der Waals surface area (Å²) in [6.45, 7) is 12.2. The first-order chi connectivity index (χ1) is 9.60. The van der Waals surface area contributed by atoms with Gasteiger partial charge in [0.15, 0.2) is 0 Å². The van der Waals surface area contributed by atoms with Gasteiger partial charge in [0.1, 0.15) is 5.60 Å². The van der Waals surface area contributed by atoms with Crippen LogP contribution in [0.3, 0.4) is 0 Å². The van der Waals surface area contributed by atoms with Crippen molar-refractivity contribution in [3.8, 4) is 0 Å². The van der Waals surface area contributed by atoms with Gasteiger partial charge in [-0.25, -0.2) is 4.79 Å². The Bertz CT molecular complexity index is 376. The van der Waals surface area contributed by atoms with E-state index in [2.05, 4.69) is 18.7 Å². The number of ether oxygens (including phenoxy) is 1. The fraction of sp³-hybridized carbons (Fsp3) is 0.867. The Morgan fingerprint density at radius 3 is 2.38 bits per heavy atom. The van der Waals surface area contributed by atoms with Crippen LogP contribution in [0.1, 0.15) is 41.0 Å². The monoisotopic (exact) mass is 300 g/mol. The number of carboxylic acids is 1. The van der Waals surface area contributed by atoms with Crippen molar-refractivity contribution in [2.45, 2.75) is 52.7 Å². The van der Waals surface area contributed by atoms with Crippen LogP contribution in [0.2, 0.25) is 0 Å². The number of nitrogens with zero attached hydrogens (tertiary/aromatic N) is 2. The summed E-state index contributed by atoms with van der Waals surface area (Å²) in [5.41, 5.74) is -0.501. The van der Waals surface area contributed by atoms with Crippen LogP contribution in [-0.2, 0) is 9.53 Å². The Balaban J connectivity index is 2.66. The van der Waals surface area contributed by atoms with Crippen molar-refractivity contribution in [1.82, 2.24) is 9.80 Å². The van der Waals surface area contributed by atoms with Crippen LogP contribution in [0.5, 0.6) is 0 Å². The van der Waals surface area contributed by atoms with E-state index in [0.29, 0.717) is 32.1 Å². The normalized spacial score (nSPS) is 20.7. The highest BCUT2D eigenvalue weighted by Gasteiger charge is 2.34. The molecule has 0 aromatic rings. The second kappa shape index (κ2) is 7.11. The lowest BCUT2D eigenvalue weighted by Crippen LogP contribution is -2.58. The lowest BCUT2D eigenvalue weighted by Gasteiger charge is -2.43. The summed E-state index contributed by atoms with van der Waals surface area (Å²) < 4.78 is 5.47. The molecule has 0 radical (unpaired) electrons. The first kappa shape index (κ1) is 17.8. The quantitative estimate of drug-likeness (QED) is 0.860. The molecule has 0 spiro atoms. The van der Waals surface area contributed by atoms with Crippen molar-refractivity contribution in [2.24, 2.45) is 5.92 Å². The summed E-state index contributed by atoms with van der Waals surface area (Å²) in [7, 11) is 0. The Kier molecular flexibility index (Phi) is 6.01. The van der Waals surface area contributed by atoms with Crippen molar-refractivity contribution in [1.29, 1.82) is 0 Å². The van der Waals surface area contributed by atoms with Gasteiger partial charge in [-0.1, -0.05) is 13.8 Å². The molecule has 0 saturated carbocycles. The molecular formula is C15H28N2O4. The molecule has 1 saturated heterocycles. The van der Waals surface area contributed by atoms with Crippen LogP contribution in [0, 0.1) is 5.92 Å². The average molecular weight is 300 g/mol. The molecule has 1 aliphatic heterocycles. The molecule has 0 bridgehead atoms. The maximum Gasteiger partial charge on any atom is 0.410 e. The third-order valence-electron chi connectivity index (χ3n) is 3.54. The van der Waals surface area contributed by atoms with E-state index in [1.165, 1.54) is 0 Å². The maximum absolute atomic E-state index is 12.3. The van der Waals surface area contributed by atoms with Crippen molar-refractivity contribution < 1.29 is 19.4 Å². The zero-order valence-corrected chi connectivity index (χ0v) is 13.8. The predicted molar refractivity (Wildman–Crippen MR) is 80.3 cm³/mol. The number of hydrogen-bond acceptors (Lipinski definition) is 4. The van der Waals surface area contributed by atoms with Gasteiger partial charge < -0.3 is 14.7 Å². The van der Waals surface area contributed by atoms with Gasteiger partial charge in [-0.15, -0.1) is 0 Å². The smallest absolute Gasteiger partial charge is 0.410 e. The van der Waals surface area contributed by atoms with Crippen molar-refractivity contribution in [3.63, 3.8) is 0 Å². The fourth-order valence-electron chi connectivity index (χ4n) is 2.44. The lowest BCUT2D eigenvalue weighted by molar-refractivity contribution is -0.137. The summed E-state index contributed by atoms with van der Waals surface area (Å²) in [4.78, 5) is 26.9. The van der Waals surface area contributed by atoms with Gasteiger partial charge in [0.25, 0.3) is 0 Å². The van der Waals surface area contributed by atoms with Gasteiger partial charge in [0.05, 0.1) is 12.5 Å². The average Bonchev–Trinajstić information content (AvgIpc) is 2.33. The molecule has 21 heavy (non-hydrogen) atoms. The number of piperazine rings is 1. The number of carbonyl (C=O) groups excluding carboxylic acids is 1. The van der Waals surface area contributed by atoms with E-state index in [1.54, 1.807) is 4.90 Å². The molecule has 1 unspecified atom stereocenters. The summed E-state index contributed by atoms with van der Waals surface area (Å²) in [6.07, 6.45) is -0.142. The molecule has 0 aliphatic carbocycles. The molecule has 0 aromatic carbocycles. The Morgan fingerprint density at radius 1 is 1.29 bits per heavy atom. The van der Waals surface area contributed by atoms with Gasteiger partial charge in [0, 0.05) is 26.2 Å². The first-order valence-electron chi connectivity index (χ1n) is 7.54. The summed E-state index contributed by atoms with van der Waals surface area (Å²) in [5, 5.41) is 8.78. The van der Waals surface area contributed by atoms with Crippen molar-refractivity contribution >= 4 is 12.1 Å². The van der Waals surface area contributed by atoms with E-state index >= 15 is 0 Å². The van der Waals surface area contributed by atoms with E-state index in [9.17, 15) is 9.59 Å². The topological polar surface area (TPSA) is 70.1 Å². The number of aliphatic carboxylic acids is 1. The van der Waals surface area contributed by atoms with E-state index in [0.717, 1.165) is 0 Å². The third kappa shape index (κ3) is 5.91. The van der Waals surface area contributed by atoms with Crippen LogP contribution >= 0.6 is 0 Å². The predicted octanol–water partition coefficient (Wildman–Crippen LogP) is 2.04. The van der Waals surface area contributed by atoms with Gasteiger partial charge in [-0.3, -0.25) is 9.69 Å². The largest absolute Gasteiger partial charge is 0.481 e. The zero-order chi connectivity index (χ0) is 16.2. The number of carbonyl (C=O) groups is 2. The van der Waals surface area contributed by atoms with Gasteiger partial charge >= 0.3 is 12.1 Å². The molecule has 1 atom stereocenters. The van der Waals surface area contributed by atoms with Crippen molar-refractivity contribution in [3.05, 3.63) is 0 Å². The molecule has 0 aromatic heterocycles. The number of rotatable bonds is 4. The molecule has 1 aliphatic rings. The van der Waals surface area contributed by atoms with E-state index in [-0.39, 0.29) is 18.6 Å². The van der Waals surface area contributed by atoms with Crippen LogP contribution in [0.25, 0.3) is 0 Å². The van der Waals surface area contributed by atoms with Crippen LogP contribution in [-0.4, -0.2) is 64.8 Å². The lowest BCUT2D eigenvalue weighted by atomic mass is 10.00. The molecule has 1 fully saturated rings. The highest BCUT2D eigenvalue weighted by Crippen LogP contribution is 2.20. The highest BCUT2D eigenvalue weighted by molar-refractivity contribution is 5.69. The van der Waals surface area contributed by atoms with Gasteiger partial charge in [0.2, 0.25) is 0 Å². The number of hydrogen-bond donors (Lipinski definition) is 1. The zero-order valence-electron chi connectivity index (χ0n) is 13.8. The van der Waals surface area contributed by atoms with Crippen LogP contribution in [0.4, 0.5) is 4.79 Å². The Labute approximate surface area is 127 Å². The summed E-state index contributed by atoms with van der Waals surface area (Å²) >= 11 is 0. The SMILES string of the molecule is CC(C)C1CN(CCC(=O)O)CCN1C(=O)OC(C)(C)C. The molecule has 1 N–H and O–H groups in total. The number of amides is 1. The standard InChI is InChI=1S/C15H28N2O4/c1-11(2)12-10-16(7-6-13(18)19)8-9-17(12)14(20)21-15(3,4)5/h11-12H,6-10H2,1-5H3,(H,18,19). The van der Waals surface area contributed by atoms with Crippen molar-refractivity contribution in [2.75, 3.05) is 26.2 Å². The van der Waals surface area contributed by atoms with Crippen LogP contribution < -0.4 is 0 Å². The highest BCUT2D eigenvalue weighted by atomic mass is 16.6. The minimum absolute atomic E-state index is 0.0578. The molecule has 6 heteroatoms. The molecule has 1 amide bonds. The Hall–Kier alpha value is -1.30. The second-order valence-electron chi connectivity index (χ2n) is 6.93. The van der Waals surface area contributed by atoms with Gasteiger partial charge in [-0.05, 0) is 26.7 Å². The molecule has 6 nitrogen and oxygen atoms in total. The first-order valence-corrected chi connectivity index (χ1v) is 7.54. The third-order valence-corrected chi connectivity index (χ3v) is 3.54. The van der Waals surface area contributed by atoms with Gasteiger partial charge in [-0.2, -0.15) is 0 Å². The second-order valence-corrected chi connectivity index (χ2v) is 6.93. The van der Waals surface area contributed by atoms with Crippen LogP contribution in [0.15, 0.2) is 0 Å². The number of carboxylic acid groups (broad SMARTS) is 1. The Morgan fingerprint density at radius 2 is 1.90 bits per heavy atom. The fourth-order valence-corrected chi connectivity index (χ4v) is 2.44. The molecule has 1 rings (SSSR count). The molecule has 122 valence electrons.